The zero-order chi connectivity index (χ0) is 23.8. The average molecular weight is 469 g/mol. The number of aryl methyl sites for hydroxylation is 4. The highest BCUT2D eigenvalue weighted by molar-refractivity contribution is 7.89. The Hall–Kier alpha value is -3.04. The number of sulfonamides is 1. The number of nitrogens with zero attached hydrogens (tertiary/aromatic N) is 3. The number of aromatic nitrogens is 2. The number of carbonyl (C=O) groups excluding carboxylic acids is 1. The van der Waals surface area contributed by atoms with E-state index in [0.29, 0.717) is 35.7 Å². The normalized spacial score (nSPS) is 15.5. The number of hydrogen-bond acceptors (Lipinski definition) is 6. The van der Waals surface area contributed by atoms with Crippen molar-refractivity contribution < 1.29 is 17.7 Å². The molecule has 8 nitrogen and oxygen atoms in total. The molecule has 2 aromatic carbocycles. The molecule has 1 saturated heterocycles. The van der Waals surface area contributed by atoms with Crippen LogP contribution < -0.4 is 5.32 Å². The van der Waals surface area contributed by atoms with Gasteiger partial charge in [-0.1, -0.05) is 29.4 Å². The minimum atomic E-state index is -3.72. The Bertz CT molecular complexity index is 1290. The average Bonchev–Trinajstić information content (AvgIpc) is 3.22. The summed E-state index contributed by atoms with van der Waals surface area (Å²) in [6.07, 6.45) is 0.942. The minimum Gasteiger partial charge on any atom is -0.339 e. The number of benzene rings is 2. The Labute approximate surface area is 194 Å². The van der Waals surface area contributed by atoms with E-state index in [1.807, 2.05) is 32.0 Å². The Morgan fingerprint density at radius 2 is 1.73 bits per heavy atom. The molecule has 0 unspecified atom stereocenters. The summed E-state index contributed by atoms with van der Waals surface area (Å²) in [4.78, 5) is 17.2. The summed E-state index contributed by atoms with van der Waals surface area (Å²) >= 11 is 0. The van der Waals surface area contributed by atoms with E-state index in [9.17, 15) is 13.2 Å². The van der Waals surface area contributed by atoms with Gasteiger partial charge >= 0.3 is 0 Å². The lowest BCUT2D eigenvalue weighted by Gasteiger charge is -2.31. The lowest BCUT2D eigenvalue weighted by molar-refractivity contribution is -0.120. The van der Waals surface area contributed by atoms with Gasteiger partial charge in [0.1, 0.15) is 0 Å². The van der Waals surface area contributed by atoms with Gasteiger partial charge in [0.15, 0.2) is 0 Å². The molecule has 0 aliphatic carbocycles. The van der Waals surface area contributed by atoms with Gasteiger partial charge in [-0.15, -0.1) is 0 Å². The highest BCUT2D eigenvalue weighted by Crippen LogP contribution is 2.29. The number of hydrogen-bond donors (Lipinski definition) is 1. The van der Waals surface area contributed by atoms with Gasteiger partial charge in [0, 0.05) is 37.2 Å². The first-order chi connectivity index (χ1) is 15.6. The number of nitrogens with one attached hydrogen (secondary N) is 1. The molecule has 0 radical (unpaired) electrons. The number of carbonyl (C=O) groups is 1. The molecule has 0 spiro atoms. The van der Waals surface area contributed by atoms with Crippen molar-refractivity contribution in [3.63, 3.8) is 0 Å². The van der Waals surface area contributed by atoms with E-state index in [4.69, 9.17) is 4.52 Å². The predicted molar refractivity (Wildman–Crippen MR) is 125 cm³/mol. The first-order valence-electron chi connectivity index (χ1n) is 10.9. The van der Waals surface area contributed by atoms with Crippen molar-refractivity contribution in [1.82, 2.24) is 14.4 Å². The molecular weight excluding hydrogens is 440 g/mol. The monoisotopic (exact) mass is 468 g/mol. The molecule has 174 valence electrons. The Balaban J connectivity index is 1.47. The third kappa shape index (κ3) is 4.84. The van der Waals surface area contributed by atoms with Crippen LogP contribution in [-0.4, -0.2) is 41.9 Å². The van der Waals surface area contributed by atoms with Crippen LogP contribution in [0.3, 0.4) is 0 Å². The number of piperidine rings is 1. The molecular formula is C24H28N4O4S. The van der Waals surface area contributed by atoms with Crippen molar-refractivity contribution in [2.24, 2.45) is 5.92 Å². The van der Waals surface area contributed by atoms with Gasteiger partial charge in [-0.05, 0) is 62.4 Å². The maximum Gasteiger partial charge on any atom is 0.243 e. The molecule has 0 saturated carbocycles. The first kappa shape index (κ1) is 23.1. The van der Waals surface area contributed by atoms with Crippen LogP contribution in [0.1, 0.15) is 35.4 Å². The second kappa shape index (κ2) is 9.07. The van der Waals surface area contributed by atoms with E-state index in [1.165, 1.54) is 4.31 Å². The Morgan fingerprint density at radius 3 is 2.39 bits per heavy atom. The van der Waals surface area contributed by atoms with E-state index >= 15 is 0 Å². The van der Waals surface area contributed by atoms with Crippen molar-refractivity contribution in [2.45, 2.75) is 45.4 Å². The van der Waals surface area contributed by atoms with Gasteiger partial charge in [0.2, 0.25) is 27.6 Å². The smallest absolute Gasteiger partial charge is 0.243 e. The fourth-order valence-electron chi connectivity index (χ4n) is 4.04. The van der Waals surface area contributed by atoms with E-state index in [1.54, 1.807) is 32.0 Å². The molecule has 4 rings (SSSR count). The molecule has 0 atom stereocenters. The Morgan fingerprint density at radius 1 is 1.03 bits per heavy atom. The lowest BCUT2D eigenvalue weighted by atomic mass is 9.97. The van der Waals surface area contributed by atoms with E-state index < -0.39 is 10.0 Å². The van der Waals surface area contributed by atoms with Crippen LogP contribution in [0.25, 0.3) is 11.4 Å². The highest BCUT2D eigenvalue weighted by atomic mass is 32.2. The van der Waals surface area contributed by atoms with Crippen LogP contribution in [0.4, 0.5) is 5.69 Å². The molecule has 9 heteroatoms. The van der Waals surface area contributed by atoms with Crippen LogP contribution in [-0.2, 0) is 14.8 Å². The van der Waals surface area contributed by atoms with Crippen LogP contribution in [0, 0.1) is 33.6 Å². The third-order valence-electron chi connectivity index (χ3n) is 6.07. The quantitative estimate of drug-likeness (QED) is 0.607. The predicted octanol–water partition coefficient (Wildman–Crippen LogP) is 4.01. The third-order valence-corrected chi connectivity index (χ3v) is 8.11. The SMILES string of the molecule is Cc1ccc(C)c(NC(=O)C2CCN(S(=O)(=O)c3cc(-c4noc(C)n4)ccc3C)CC2)c1. The van der Waals surface area contributed by atoms with Crippen molar-refractivity contribution >= 4 is 21.6 Å². The Kier molecular flexibility index (Phi) is 6.36. The molecule has 1 N–H and O–H groups in total. The maximum atomic E-state index is 13.4. The summed E-state index contributed by atoms with van der Waals surface area (Å²) in [5.41, 5.74) is 4.11. The molecule has 1 amide bonds. The molecule has 1 fully saturated rings. The maximum absolute atomic E-state index is 13.4. The summed E-state index contributed by atoms with van der Waals surface area (Å²) in [5.74, 6) is 0.472. The van der Waals surface area contributed by atoms with Gasteiger partial charge in [-0.25, -0.2) is 8.42 Å². The summed E-state index contributed by atoms with van der Waals surface area (Å²) in [7, 11) is -3.72. The van der Waals surface area contributed by atoms with Gasteiger partial charge in [-0.2, -0.15) is 9.29 Å². The molecule has 1 aromatic heterocycles. The summed E-state index contributed by atoms with van der Waals surface area (Å²) < 4.78 is 33.3. The van der Waals surface area contributed by atoms with Gasteiger partial charge in [0.25, 0.3) is 0 Å². The molecule has 33 heavy (non-hydrogen) atoms. The fourth-order valence-corrected chi connectivity index (χ4v) is 5.76. The highest BCUT2D eigenvalue weighted by Gasteiger charge is 2.33. The van der Waals surface area contributed by atoms with Crippen LogP contribution in [0.5, 0.6) is 0 Å². The van der Waals surface area contributed by atoms with Crippen LogP contribution in [0.15, 0.2) is 45.8 Å². The summed E-state index contributed by atoms with van der Waals surface area (Å²) in [6.45, 7) is 7.97. The number of anilines is 1. The van der Waals surface area contributed by atoms with Gasteiger partial charge in [0.05, 0.1) is 4.90 Å². The molecule has 3 aromatic rings. The first-order valence-corrected chi connectivity index (χ1v) is 12.4. The van der Waals surface area contributed by atoms with Crippen molar-refractivity contribution in [3.8, 4) is 11.4 Å². The zero-order valence-electron chi connectivity index (χ0n) is 19.3. The molecule has 2 heterocycles. The minimum absolute atomic E-state index is 0.0635. The number of amides is 1. The number of rotatable bonds is 5. The second-order valence-corrected chi connectivity index (χ2v) is 10.5. The van der Waals surface area contributed by atoms with Crippen molar-refractivity contribution in [2.75, 3.05) is 18.4 Å². The van der Waals surface area contributed by atoms with Gasteiger partial charge < -0.3 is 9.84 Å². The second-order valence-electron chi connectivity index (χ2n) is 8.60. The van der Waals surface area contributed by atoms with Crippen molar-refractivity contribution in [3.05, 3.63) is 59.0 Å². The largest absolute Gasteiger partial charge is 0.339 e. The summed E-state index contributed by atoms with van der Waals surface area (Å²) in [6, 6.07) is 11.1. The fraction of sp³-hybridized carbons (Fsp3) is 0.375. The standard InChI is InChI=1S/C24H28N4O4S/c1-15-5-6-16(2)21(13-15)26-24(29)19-9-11-28(12-10-19)33(30,31)22-14-20(8-7-17(22)3)23-25-18(4)32-27-23/h5-8,13-14,19H,9-12H2,1-4H3,(H,26,29). The van der Waals surface area contributed by atoms with Gasteiger partial charge in [-0.3, -0.25) is 4.79 Å². The van der Waals surface area contributed by atoms with Crippen LogP contribution in [0.2, 0.25) is 0 Å². The summed E-state index contributed by atoms with van der Waals surface area (Å²) in [5, 5.41) is 6.90. The van der Waals surface area contributed by atoms with Crippen molar-refractivity contribution in [1.29, 1.82) is 0 Å². The topological polar surface area (TPSA) is 105 Å². The van der Waals surface area contributed by atoms with E-state index in [-0.39, 0.29) is 29.8 Å². The molecule has 1 aliphatic rings. The molecule has 1 aliphatic heterocycles. The van der Waals surface area contributed by atoms with E-state index in [2.05, 4.69) is 15.5 Å². The zero-order valence-corrected chi connectivity index (χ0v) is 20.1. The molecule has 0 bridgehead atoms. The van der Waals surface area contributed by atoms with Crippen LogP contribution >= 0.6 is 0 Å². The van der Waals surface area contributed by atoms with E-state index in [0.717, 1.165) is 16.8 Å². The lowest BCUT2D eigenvalue weighted by Crippen LogP contribution is -2.41.